The van der Waals surface area contributed by atoms with Gasteiger partial charge in [0.1, 0.15) is 0 Å². The van der Waals surface area contributed by atoms with E-state index in [-0.39, 0.29) is 5.54 Å². The molecular weight excluding hydrogens is 288 g/mol. The molecule has 5 nitrogen and oxygen atoms in total. The summed E-state index contributed by atoms with van der Waals surface area (Å²) in [4.78, 5) is 7.43. The van der Waals surface area contributed by atoms with Gasteiger partial charge in [-0.2, -0.15) is 0 Å². The Morgan fingerprint density at radius 3 is 2.35 bits per heavy atom. The van der Waals surface area contributed by atoms with Gasteiger partial charge in [0.15, 0.2) is 5.96 Å². The summed E-state index contributed by atoms with van der Waals surface area (Å²) < 4.78 is 5.60. The quantitative estimate of drug-likeness (QED) is 0.473. The SMILES string of the molecule is NC(=NCC1(N2CCCC2)CCOCC1)NC1CCCCCC1. The number of ether oxygens (including phenoxy) is 1. The van der Waals surface area contributed by atoms with Gasteiger partial charge in [0, 0.05) is 24.8 Å². The van der Waals surface area contributed by atoms with Crippen molar-refractivity contribution in [1.29, 1.82) is 0 Å². The van der Waals surface area contributed by atoms with Crippen LogP contribution in [0.15, 0.2) is 4.99 Å². The topological polar surface area (TPSA) is 62.9 Å². The first kappa shape index (κ1) is 17.0. The van der Waals surface area contributed by atoms with E-state index in [2.05, 4.69) is 10.2 Å². The van der Waals surface area contributed by atoms with Crippen LogP contribution < -0.4 is 11.1 Å². The molecule has 1 saturated carbocycles. The van der Waals surface area contributed by atoms with Gasteiger partial charge in [-0.25, -0.2) is 0 Å². The summed E-state index contributed by atoms with van der Waals surface area (Å²) >= 11 is 0. The lowest BCUT2D eigenvalue weighted by molar-refractivity contribution is -0.0138. The normalized spacial score (nSPS) is 27.7. The van der Waals surface area contributed by atoms with Crippen molar-refractivity contribution < 1.29 is 4.74 Å². The fourth-order valence-electron chi connectivity index (χ4n) is 4.43. The Bertz CT molecular complexity index is 378. The lowest BCUT2D eigenvalue weighted by Gasteiger charge is -2.43. The molecule has 1 aliphatic carbocycles. The molecule has 0 spiro atoms. The van der Waals surface area contributed by atoms with E-state index in [9.17, 15) is 0 Å². The highest BCUT2D eigenvalue weighted by Crippen LogP contribution is 2.31. The predicted molar refractivity (Wildman–Crippen MR) is 94.7 cm³/mol. The van der Waals surface area contributed by atoms with Gasteiger partial charge in [0.05, 0.1) is 6.54 Å². The van der Waals surface area contributed by atoms with E-state index in [1.54, 1.807) is 0 Å². The van der Waals surface area contributed by atoms with Crippen LogP contribution in [0.1, 0.15) is 64.2 Å². The highest BCUT2D eigenvalue weighted by molar-refractivity contribution is 5.78. The third kappa shape index (κ3) is 4.60. The first-order chi connectivity index (χ1) is 11.3. The molecule has 3 rings (SSSR count). The fourth-order valence-corrected chi connectivity index (χ4v) is 4.43. The Kier molecular flexibility index (Phi) is 6.17. The van der Waals surface area contributed by atoms with E-state index in [1.165, 1.54) is 64.5 Å². The van der Waals surface area contributed by atoms with Crippen molar-refractivity contribution in [2.24, 2.45) is 10.7 Å². The van der Waals surface area contributed by atoms with Crippen LogP contribution >= 0.6 is 0 Å². The molecule has 2 saturated heterocycles. The second kappa shape index (κ2) is 8.34. The van der Waals surface area contributed by atoms with Crippen molar-refractivity contribution in [3.05, 3.63) is 0 Å². The van der Waals surface area contributed by atoms with Crippen LogP contribution in [0.4, 0.5) is 0 Å². The maximum atomic E-state index is 6.22. The van der Waals surface area contributed by atoms with Gasteiger partial charge in [-0.1, -0.05) is 25.7 Å². The molecule has 0 aromatic carbocycles. The van der Waals surface area contributed by atoms with Crippen LogP contribution in [0, 0.1) is 0 Å². The number of aliphatic imine (C=N–C) groups is 1. The third-order valence-corrected chi connectivity index (χ3v) is 5.95. The van der Waals surface area contributed by atoms with Gasteiger partial charge in [0.25, 0.3) is 0 Å². The summed E-state index contributed by atoms with van der Waals surface area (Å²) in [5, 5.41) is 3.48. The highest BCUT2D eigenvalue weighted by Gasteiger charge is 2.39. The summed E-state index contributed by atoms with van der Waals surface area (Å²) in [5.41, 5.74) is 6.40. The molecule has 132 valence electrons. The molecule has 0 radical (unpaired) electrons. The number of hydrogen-bond donors (Lipinski definition) is 2. The maximum Gasteiger partial charge on any atom is 0.188 e. The van der Waals surface area contributed by atoms with E-state index >= 15 is 0 Å². The lowest BCUT2D eigenvalue weighted by Crippen LogP contribution is -2.54. The van der Waals surface area contributed by atoms with Gasteiger partial charge < -0.3 is 15.8 Å². The molecular formula is C18H34N4O. The number of rotatable bonds is 4. The van der Waals surface area contributed by atoms with Crippen molar-refractivity contribution in [3.63, 3.8) is 0 Å². The predicted octanol–water partition coefficient (Wildman–Crippen LogP) is 2.26. The van der Waals surface area contributed by atoms with Gasteiger partial charge in [0.2, 0.25) is 0 Å². The Hall–Kier alpha value is -0.810. The highest BCUT2D eigenvalue weighted by atomic mass is 16.5. The van der Waals surface area contributed by atoms with Crippen molar-refractivity contribution in [2.45, 2.75) is 75.8 Å². The molecule has 0 aromatic rings. The van der Waals surface area contributed by atoms with E-state index < -0.39 is 0 Å². The Morgan fingerprint density at radius 2 is 1.70 bits per heavy atom. The molecule has 0 atom stereocenters. The minimum Gasteiger partial charge on any atom is -0.381 e. The molecule has 0 unspecified atom stereocenters. The molecule has 5 heteroatoms. The zero-order valence-electron chi connectivity index (χ0n) is 14.6. The average Bonchev–Trinajstić information content (AvgIpc) is 3.01. The Morgan fingerprint density at radius 1 is 1.04 bits per heavy atom. The summed E-state index contributed by atoms with van der Waals surface area (Å²) in [6.07, 6.45) is 12.7. The van der Waals surface area contributed by atoms with Crippen molar-refractivity contribution in [3.8, 4) is 0 Å². The molecule has 2 aliphatic heterocycles. The van der Waals surface area contributed by atoms with Crippen LogP contribution in [0.5, 0.6) is 0 Å². The van der Waals surface area contributed by atoms with E-state index in [4.69, 9.17) is 15.5 Å². The second-order valence-electron chi connectivity index (χ2n) is 7.57. The summed E-state index contributed by atoms with van der Waals surface area (Å²) in [6, 6.07) is 0.527. The standard InChI is InChI=1S/C18H34N4O/c19-17(21-16-7-3-1-2-4-8-16)20-15-18(9-13-23-14-10-18)22-11-5-6-12-22/h16H,1-15H2,(H3,19,20,21). The molecule has 23 heavy (non-hydrogen) atoms. The van der Waals surface area contributed by atoms with E-state index in [1.807, 2.05) is 0 Å². The zero-order valence-corrected chi connectivity index (χ0v) is 14.6. The minimum atomic E-state index is 0.185. The van der Waals surface area contributed by atoms with Gasteiger partial charge in [-0.3, -0.25) is 9.89 Å². The number of nitrogens with one attached hydrogen (secondary N) is 1. The first-order valence-corrected chi connectivity index (χ1v) is 9.68. The first-order valence-electron chi connectivity index (χ1n) is 9.68. The maximum absolute atomic E-state index is 6.22. The number of nitrogens with two attached hydrogens (primary N) is 1. The number of guanidine groups is 1. The Balaban J connectivity index is 1.57. The largest absolute Gasteiger partial charge is 0.381 e. The summed E-state index contributed by atoms with van der Waals surface area (Å²) in [5.74, 6) is 0.655. The molecule has 0 bridgehead atoms. The number of hydrogen-bond acceptors (Lipinski definition) is 3. The second-order valence-corrected chi connectivity index (χ2v) is 7.57. The van der Waals surface area contributed by atoms with Crippen LogP contribution in [0.3, 0.4) is 0 Å². The fraction of sp³-hybridized carbons (Fsp3) is 0.944. The average molecular weight is 322 g/mol. The molecule has 3 aliphatic rings. The molecule has 3 N–H and O–H groups in total. The number of nitrogens with zero attached hydrogens (tertiary/aromatic N) is 2. The van der Waals surface area contributed by atoms with Crippen LogP contribution in [0.2, 0.25) is 0 Å². The van der Waals surface area contributed by atoms with E-state index in [0.29, 0.717) is 12.0 Å². The summed E-state index contributed by atoms with van der Waals surface area (Å²) in [7, 11) is 0. The van der Waals surface area contributed by atoms with Crippen LogP contribution in [0.25, 0.3) is 0 Å². The summed E-state index contributed by atoms with van der Waals surface area (Å²) in [6.45, 7) is 4.98. The minimum absolute atomic E-state index is 0.185. The van der Waals surface area contributed by atoms with Crippen molar-refractivity contribution in [1.82, 2.24) is 10.2 Å². The monoisotopic (exact) mass is 322 g/mol. The zero-order chi connectivity index (χ0) is 16.0. The Labute approximate surface area is 141 Å². The molecule has 2 heterocycles. The van der Waals surface area contributed by atoms with Crippen molar-refractivity contribution in [2.75, 3.05) is 32.8 Å². The van der Waals surface area contributed by atoms with Gasteiger partial charge >= 0.3 is 0 Å². The van der Waals surface area contributed by atoms with Gasteiger partial charge in [-0.05, 0) is 51.6 Å². The lowest BCUT2D eigenvalue weighted by atomic mass is 9.88. The van der Waals surface area contributed by atoms with Gasteiger partial charge in [-0.15, -0.1) is 0 Å². The molecule has 0 aromatic heterocycles. The van der Waals surface area contributed by atoms with E-state index in [0.717, 1.165) is 32.6 Å². The third-order valence-electron chi connectivity index (χ3n) is 5.95. The van der Waals surface area contributed by atoms with Crippen LogP contribution in [-0.4, -0.2) is 55.3 Å². The molecule has 0 amide bonds. The number of likely N-dealkylation sites (tertiary alicyclic amines) is 1. The molecule has 3 fully saturated rings. The van der Waals surface area contributed by atoms with Crippen LogP contribution in [-0.2, 0) is 4.74 Å². The smallest absolute Gasteiger partial charge is 0.188 e. The van der Waals surface area contributed by atoms with Crippen molar-refractivity contribution >= 4 is 5.96 Å².